The first-order valence-corrected chi connectivity index (χ1v) is 7.15. The van der Waals surface area contributed by atoms with Crippen LogP contribution in [0, 0.1) is 0 Å². The second-order valence-corrected chi connectivity index (χ2v) is 5.82. The van der Waals surface area contributed by atoms with E-state index in [4.69, 9.17) is 0 Å². The first-order valence-electron chi connectivity index (χ1n) is 6.11. The highest BCUT2D eigenvalue weighted by atomic mass is 32.2. The summed E-state index contributed by atoms with van der Waals surface area (Å²) in [5, 5.41) is 5.39. The molecule has 1 fully saturated rings. The average molecular weight is 284 g/mol. The fourth-order valence-electron chi connectivity index (χ4n) is 2.06. The molecule has 2 atom stereocenters. The van der Waals surface area contributed by atoms with Crippen molar-refractivity contribution in [3.8, 4) is 0 Å². The van der Waals surface area contributed by atoms with Crippen LogP contribution >= 0.6 is 11.8 Å². The number of alkyl halides is 3. The summed E-state index contributed by atoms with van der Waals surface area (Å²) in [5.41, 5.74) is 0. The molecule has 1 rings (SSSR count). The first kappa shape index (κ1) is 15.6. The molecule has 0 unspecified atom stereocenters. The summed E-state index contributed by atoms with van der Waals surface area (Å²) in [4.78, 5) is 11.2. The van der Waals surface area contributed by atoms with Gasteiger partial charge in [0.15, 0.2) is 0 Å². The maximum absolute atomic E-state index is 11.9. The minimum atomic E-state index is -4.34. The van der Waals surface area contributed by atoms with E-state index in [1.807, 2.05) is 17.1 Å². The zero-order valence-corrected chi connectivity index (χ0v) is 11.2. The Morgan fingerprint density at radius 1 is 1.39 bits per heavy atom. The number of carbonyl (C=O) groups excluding carboxylic acids is 1. The van der Waals surface area contributed by atoms with Gasteiger partial charge in [-0.15, -0.1) is 0 Å². The zero-order chi connectivity index (χ0) is 13.6. The van der Waals surface area contributed by atoms with Gasteiger partial charge in [0.25, 0.3) is 0 Å². The lowest BCUT2D eigenvalue weighted by molar-refractivity contribution is -0.137. The number of thioether (sulfide) groups is 1. The van der Waals surface area contributed by atoms with Gasteiger partial charge in [-0.25, -0.2) is 0 Å². The minimum absolute atomic E-state index is 0.0402. The van der Waals surface area contributed by atoms with Gasteiger partial charge >= 0.3 is 6.18 Å². The summed E-state index contributed by atoms with van der Waals surface area (Å²) in [6.45, 7) is 0.781. The van der Waals surface area contributed by atoms with E-state index < -0.39 is 18.6 Å². The van der Waals surface area contributed by atoms with Crippen molar-refractivity contribution in [1.29, 1.82) is 0 Å². The molecule has 0 aromatic carbocycles. The molecule has 7 heteroatoms. The van der Waals surface area contributed by atoms with E-state index in [2.05, 4.69) is 12.2 Å². The predicted molar refractivity (Wildman–Crippen MR) is 66.6 cm³/mol. The number of carbonyl (C=O) groups is 1. The van der Waals surface area contributed by atoms with Gasteiger partial charge in [-0.3, -0.25) is 4.79 Å². The second-order valence-electron chi connectivity index (χ2n) is 4.30. The van der Waals surface area contributed by atoms with Gasteiger partial charge in [-0.2, -0.15) is 24.9 Å². The molecular formula is C11H19F3N2OS. The van der Waals surface area contributed by atoms with Crippen LogP contribution in [0.15, 0.2) is 0 Å². The summed E-state index contributed by atoms with van der Waals surface area (Å²) in [6.07, 6.45) is -1.13. The molecule has 0 heterocycles. The lowest BCUT2D eigenvalue weighted by atomic mass is 10.2. The van der Waals surface area contributed by atoms with Crippen molar-refractivity contribution < 1.29 is 18.0 Å². The molecule has 0 aromatic heterocycles. The molecule has 1 amide bonds. The molecule has 0 aromatic rings. The number of rotatable bonds is 6. The van der Waals surface area contributed by atoms with Crippen LogP contribution in [-0.4, -0.2) is 42.2 Å². The Kier molecular flexibility index (Phi) is 6.28. The monoisotopic (exact) mass is 284 g/mol. The molecule has 1 aliphatic rings. The van der Waals surface area contributed by atoms with E-state index in [0.29, 0.717) is 5.25 Å². The van der Waals surface area contributed by atoms with Crippen LogP contribution in [0.1, 0.15) is 26.2 Å². The van der Waals surface area contributed by atoms with Gasteiger partial charge in [-0.1, -0.05) is 13.3 Å². The Morgan fingerprint density at radius 3 is 2.72 bits per heavy atom. The van der Waals surface area contributed by atoms with E-state index in [1.54, 1.807) is 0 Å². The number of halogens is 3. The van der Waals surface area contributed by atoms with Crippen LogP contribution in [0.2, 0.25) is 0 Å². The minimum Gasteiger partial charge on any atom is -0.346 e. The summed E-state index contributed by atoms with van der Waals surface area (Å²) in [5.74, 6) is 0.419. The van der Waals surface area contributed by atoms with E-state index in [1.165, 1.54) is 0 Å². The Labute approximate surface area is 109 Å². The molecule has 2 N–H and O–H groups in total. The van der Waals surface area contributed by atoms with Crippen molar-refractivity contribution in [2.24, 2.45) is 0 Å². The lowest BCUT2D eigenvalue weighted by Gasteiger charge is -2.20. The maximum Gasteiger partial charge on any atom is 0.405 e. The topological polar surface area (TPSA) is 41.1 Å². The fourth-order valence-corrected chi connectivity index (χ4v) is 3.28. The molecule has 0 aliphatic heterocycles. The third-order valence-electron chi connectivity index (χ3n) is 2.84. The van der Waals surface area contributed by atoms with Crippen LogP contribution in [0.25, 0.3) is 0 Å². The van der Waals surface area contributed by atoms with Crippen molar-refractivity contribution in [1.82, 2.24) is 10.6 Å². The highest BCUT2D eigenvalue weighted by molar-refractivity contribution is 7.99. The number of hydrogen-bond donors (Lipinski definition) is 2. The van der Waals surface area contributed by atoms with Gasteiger partial charge in [0.05, 0.1) is 6.54 Å². The van der Waals surface area contributed by atoms with Crippen LogP contribution in [0.4, 0.5) is 13.2 Å². The van der Waals surface area contributed by atoms with E-state index >= 15 is 0 Å². The summed E-state index contributed by atoms with van der Waals surface area (Å²) >= 11 is 1.84. The van der Waals surface area contributed by atoms with Crippen molar-refractivity contribution in [2.45, 2.75) is 43.7 Å². The third-order valence-corrected chi connectivity index (χ3v) is 4.17. The molecule has 1 saturated carbocycles. The van der Waals surface area contributed by atoms with Crippen molar-refractivity contribution in [2.75, 3.05) is 18.8 Å². The Bertz CT molecular complexity index is 274. The summed E-state index contributed by atoms with van der Waals surface area (Å²) in [7, 11) is 0. The Hall–Kier alpha value is -0.430. The smallest absolute Gasteiger partial charge is 0.346 e. The molecule has 3 nitrogen and oxygen atoms in total. The summed E-state index contributed by atoms with van der Waals surface area (Å²) in [6, 6.07) is 0.242. The van der Waals surface area contributed by atoms with Crippen molar-refractivity contribution in [3.05, 3.63) is 0 Å². The van der Waals surface area contributed by atoms with Crippen molar-refractivity contribution >= 4 is 17.7 Å². The average Bonchev–Trinajstić information content (AvgIpc) is 2.71. The standard InChI is InChI=1S/C11H19F3N2OS/c1-2-18-9-5-3-4-8(9)15-6-10(17)16-7-11(12,13)14/h8-9,15H,2-7H2,1H3,(H,16,17)/t8-,9-/m0/s1. The van der Waals surface area contributed by atoms with Crippen molar-refractivity contribution in [3.63, 3.8) is 0 Å². The quantitative estimate of drug-likeness (QED) is 0.783. The zero-order valence-electron chi connectivity index (χ0n) is 10.3. The first-order chi connectivity index (χ1) is 8.42. The van der Waals surface area contributed by atoms with Gasteiger partial charge in [0.1, 0.15) is 6.54 Å². The predicted octanol–water partition coefficient (Wildman–Crippen LogP) is 1.93. The Morgan fingerprint density at radius 2 is 2.11 bits per heavy atom. The Balaban J connectivity index is 2.21. The summed E-state index contributed by atoms with van der Waals surface area (Å²) < 4.78 is 35.6. The number of amides is 1. The highest BCUT2D eigenvalue weighted by Gasteiger charge is 2.29. The lowest BCUT2D eigenvalue weighted by Crippen LogP contribution is -2.43. The van der Waals surface area contributed by atoms with E-state index in [-0.39, 0.29) is 12.6 Å². The molecule has 0 saturated heterocycles. The van der Waals surface area contributed by atoms with E-state index in [0.717, 1.165) is 25.0 Å². The largest absolute Gasteiger partial charge is 0.405 e. The van der Waals surface area contributed by atoms with Gasteiger partial charge in [-0.05, 0) is 18.6 Å². The molecule has 18 heavy (non-hydrogen) atoms. The maximum atomic E-state index is 11.9. The number of nitrogens with one attached hydrogen (secondary N) is 2. The molecule has 0 bridgehead atoms. The van der Waals surface area contributed by atoms with Gasteiger partial charge in [0.2, 0.25) is 5.91 Å². The highest BCUT2D eigenvalue weighted by Crippen LogP contribution is 2.29. The second kappa shape index (κ2) is 7.23. The van der Waals surface area contributed by atoms with Gasteiger partial charge < -0.3 is 10.6 Å². The van der Waals surface area contributed by atoms with Gasteiger partial charge in [0, 0.05) is 11.3 Å². The van der Waals surface area contributed by atoms with Crippen LogP contribution in [-0.2, 0) is 4.79 Å². The normalized spacial score (nSPS) is 24.2. The van der Waals surface area contributed by atoms with Crippen LogP contribution < -0.4 is 10.6 Å². The third kappa shape index (κ3) is 5.95. The SMILES string of the molecule is CCS[C@H]1CCC[C@@H]1NCC(=O)NCC(F)(F)F. The molecule has 106 valence electrons. The fraction of sp³-hybridized carbons (Fsp3) is 0.909. The molecule has 1 aliphatic carbocycles. The van der Waals surface area contributed by atoms with Crippen LogP contribution in [0.5, 0.6) is 0 Å². The molecular weight excluding hydrogens is 265 g/mol. The number of hydrogen-bond acceptors (Lipinski definition) is 3. The van der Waals surface area contributed by atoms with Crippen LogP contribution in [0.3, 0.4) is 0 Å². The van der Waals surface area contributed by atoms with E-state index in [9.17, 15) is 18.0 Å². The molecule has 0 spiro atoms. The molecule has 0 radical (unpaired) electrons.